The van der Waals surface area contributed by atoms with E-state index in [9.17, 15) is 0 Å². The highest BCUT2D eigenvalue weighted by Gasteiger charge is 2.11. The van der Waals surface area contributed by atoms with Crippen molar-refractivity contribution in [2.24, 2.45) is 0 Å². The number of nitrogen functional groups attached to an aromatic ring is 1. The summed E-state index contributed by atoms with van der Waals surface area (Å²) in [6.07, 6.45) is 0.998. The minimum absolute atomic E-state index is 0.339. The Hall–Kier alpha value is -1.06. The molecule has 0 aliphatic carbocycles. The molecule has 0 bridgehead atoms. The van der Waals surface area contributed by atoms with Crippen LogP contribution in [0.2, 0.25) is 0 Å². The molecule has 0 spiro atoms. The van der Waals surface area contributed by atoms with Gasteiger partial charge in [0, 0.05) is 5.92 Å². The number of nitrogens with two attached hydrogens (primary N) is 1. The molecule has 2 N–H and O–H groups in total. The summed E-state index contributed by atoms with van der Waals surface area (Å²) in [6, 6.07) is 0. The third-order valence-electron chi connectivity index (χ3n) is 1.62. The van der Waals surface area contributed by atoms with Gasteiger partial charge in [-0.15, -0.1) is 0 Å². The van der Waals surface area contributed by atoms with Crippen LogP contribution in [0.4, 0.5) is 5.82 Å². The highest BCUT2D eigenvalue weighted by Crippen LogP contribution is 2.19. The van der Waals surface area contributed by atoms with Crippen LogP contribution < -0.4 is 5.73 Å². The number of rotatable bonds is 2. The molecule has 56 valence electrons. The van der Waals surface area contributed by atoms with Gasteiger partial charge in [0.1, 0.15) is 5.69 Å². The van der Waals surface area contributed by atoms with Gasteiger partial charge in [-0.1, -0.05) is 19.0 Å². The Labute approximate surface area is 59.4 Å². The van der Waals surface area contributed by atoms with Gasteiger partial charge in [-0.3, -0.25) is 0 Å². The molecule has 1 aromatic heterocycles. The van der Waals surface area contributed by atoms with E-state index in [0.29, 0.717) is 11.7 Å². The number of aromatic nitrogens is 2. The van der Waals surface area contributed by atoms with Gasteiger partial charge in [0.25, 0.3) is 0 Å². The molecule has 0 saturated carbocycles. The van der Waals surface area contributed by atoms with Gasteiger partial charge < -0.3 is 5.73 Å². The lowest BCUT2D eigenvalue weighted by atomic mass is 10.1. The Morgan fingerprint density at radius 2 is 2.30 bits per heavy atom. The second kappa shape index (κ2) is 2.68. The van der Waals surface area contributed by atoms with Crippen molar-refractivity contribution in [1.29, 1.82) is 0 Å². The second-order valence-corrected chi connectivity index (χ2v) is 2.34. The van der Waals surface area contributed by atoms with Crippen LogP contribution in [-0.4, -0.2) is 10.3 Å². The molecule has 1 atom stereocenters. The summed E-state index contributed by atoms with van der Waals surface area (Å²) in [5.74, 6) is 0.751. The Bertz CT molecular complexity index is 209. The fourth-order valence-electron chi connectivity index (χ4n) is 0.738. The predicted octanol–water partition coefficient (Wildman–Crippen LogP) is 1.17. The largest absolute Gasteiger partial charge is 0.379 e. The number of hydrogen-bond donors (Lipinski definition) is 1. The van der Waals surface area contributed by atoms with E-state index in [0.717, 1.165) is 12.1 Å². The van der Waals surface area contributed by atoms with Crippen molar-refractivity contribution >= 4 is 5.82 Å². The first-order valence-corrected chi connectivity index (χ1v) is 3.33. The first kappa shape index (κ1) is 7.05. The summed E-state index contributed by atoms with van der Waals surface area (Å²) in [5.41, 5.74) is 6.22. The van der Waals surface area contributed by atoms with E-state index < -0.39 is 0 Å². The highest BCUT2D eigenvalue weighted by molar-refractivity contribution is 5.33. The Morgan fingerprint density at radius 3 is 2.70 bits per heavy atom. The smallest absolute Gasteiger partial charge is 0.191 e. The maximum atomic E-state index is 5.45. The standard InChI is InChI=1S/C6H11N3O/c1-3-4(2)5-6(7)9-10-8-5/h4H,3H2,1-2H3,(H2,7,9). The molecule has 1 aromatic rings. The maximum absolute atomic E-state index is 5.45. The lowest BCUT2D eigenvalue weighted by molar-refractivity contribution is 0.302. The molecule has 1 heterocycles. The zero-order valence-corrected chi connectivity index (χ0v) is 6.16. The summed E-state index contributed by atoms with van der Waals surface area (Å²) >= 11 is 0. The zero-order valence-electron chi connectivity index (χ0n) is 6.16. The lowest BCUT2D eigenvalue weighted by Gasteiger charge is -2.00. The molecule has 0 aliphatic rings. The van der Waals surface area contributed by atoms with Crippen molar-refractivity contribution in [2.75, 3.05) is 5.73 Å². The summed E-state index contributed by atoms with van der Waals surface area (Å²) in [5, 5.41) is 7.15. The average molecular weight is 141 g/mol. The van der Waals surface area contributed by atoms with Gasteiger partial charge in [0.05, 0.1) is 0 Å². The Morgan fingerprint density at radius 1 is 1.60 bits per heavy atom. The second-order valence-electron chi connectivity index (χ2n) is 2.34. The summed E-state index contributed by atoms with van der Waals surface area (Å²) < 4.78 is 4.44. The molecule has 0 saturated heterocycles. The van der Waals surface area contributed by atoms with Gasteiger partial charge in [-0.25, -0.2) is 4.63 Å². The Balaban J connectivity index is 2.82. The fraction of sp³-hybridized carbons (Fsp3) is 0.667. The lowest BCUT2D eigenvalue weighted by Crippen LogP contribution is -1.97. The van der Waals surface area contributed by atoms with Gasteiger partial charge in [-0.2, -0.15) is 0 Å². The van der Waals surface area contributed by atoms with Crippen molar-refractivity contribution in [1.82, 2.24) is 10.3 Å². The van der Waals surface area contributed by atoms with Crippen molar-refractivity contribution in [3.63, 3.8) is 0 Å². The molecule has 4 heteroatoms. The van der Waals surface area contributed by atoms with E-state index in [1.54, 1.807) is 0 Å². The average Bonchev–Trinajstić information content (AvgIpc) is 2.34. The monoisotopic (exact) mass is 141 g/mol. The van der Waals surface area contributed by atoms with Gasteiger partial charge in [0.15, 0.2) is 5.82 Å². The van der Waals surface area contributed by atoms with Crippen LogP contribution in [0, 0.1) is 0 Å². The van der Waals surface area contributed by atoms with Gasteiger partial charge in [-0.05, 0) is 11.6 Å². The third-order valence-corrected chi connectivity index (χ3v) is 1.62. The highest BCUT2D eigenvalue weighted by atomic mass is 16.6. The summed E-state index contributed by atoms with van der Waals surface area (Å²) in [7, 11) is 0. The number of nitrogens with zero attached hydrogens (tertiary/aromatic N) is 2. The van der Waals surface area contributed by atoms with Crippen LogP contribution in [0.1, 0.15) is 31.9 Å². The van der Waals surface area contributed by atoms with Crippen LogP contribution >= 0.6 is 0 Å². The number of anilines is 1. The quantitative estimate of drug-likeness (QED) is 0.671. The number of hydrogen-bond acceptors (Lipinski definition) is 4. The SMILES string of the molecule is CCC(C)c1nonc1N. The zero-order chi connectivity index (χ0) is 7.56. The van der Waals surface area contributed by atoms with E-state index in [1.165, 1.54) is 0 Å². The molecule has 0 radical (unpaired) electrons. The van der Waals surface area contributed by atoms with E-state index >= 15 is 0 Å². The van der Waals surface area contributed by atoms with Gasteiger partial charge >= 0.3 is 0 Å². The first-order chi connectivity index (χ1) is 4.75. The van der Waals surface area contributed by atoms with Crippen molar-refractivity contribution in [3.05, 3.63) is 5.69 Å². The fourth-order valence-corrected chi connectivity index (χ4v) is 0.738. The van der Waals surface area contributed by atoms with E-state index in [1.807, 2.05) is 6.92 Å². The van der Waals surface area contributed by atoms with Crippen molar-refractivity contribution < 1.29 is 4.63 Å². The molecule has 0 aromatic carbocycles. The molecule has 1 rings (SSSR count). The van der Waals surface area contributed by atoms with Crippen LogP contribution in [0.15, 0.2) is 4.63 Å². The third kappa shape index (κ3) is 1.10. The van der Waals surface area contributed by atoms with Gasteiger partial charge in [0.2, 0.25) is 0 Å². The van der Waals surface area contributed by atoms with Crippen LogP contribution in [0.25, 0.3) is 0 Å². The molecule has 0 amide bonds. The molecular weight excluding hydrogens is 130 g/mol. The van der Waals surface area contributed by atoms with E-state index in [4.69, 9.17) is 5.73 Å². The van der Waals surface area contributed by atoms with Crippen LogP contribution in [-0.2, 0) is 0 Å². The van der Waals surface area contributed by atoms with Crippen molar-refractivity contribution in [2.45, 2.75) is 26.2 Å². The van der Waals surface area contributed by atoms with Crippen LogP contribution in [0.3, 0.4) is 0 Å². The molecule has 0 fully saturated rings. The topological polar surface area (TPSA) is 64.9 Å². The molecule has 0 aliphatic heterocycles. The minimum atomic E-state index is 0.339. The first-order valence-electron chi connectivity index (χ1n) is 3.33. The maximum Gasteiger partial charge on any atom is 0.191 e. The predicted molar refractivity (Wildman–Crippen MR) is 37.4 cm³/mol. The van der Waals surface area contributed by atoms with Crippen LogP contribution in [0.5, 0.6) is 0 Å². The molecule has 4 nitrogen and oxygen atoms in total. The molecule has 1 unspecified atom stereocenters. The Kier molecular flexibility index (Phi) is 1.89. The van der Waals surface area contributed by atoms with Crippen molar-refractivity contribution in [3.8, 4) is 0 Å². The van der Waals surface area contributed by atoms with E-state index in [2.05, 4.69) is 21.9 Å². The minimum Gasteiger partial charge on any atom is -0.379 e. The molecule has 10 heavy (non-hydrogen) atoms. The summed E-state index contributed by atoms with van der Waals surface area (Å²) in [6.45, 7) is 4.11. The van der Waals surface area contributed by atoms with E-state index in [-0.39, 0.29) is 0 Å². The summed E-state index contributed by atoms with van der Waals surface area (Å²) in [4.78, 5) is 0. The normalized spacial score (nSPS) is 13.4. The molecular formula is C6H11N3O.